The van der Waals surface area contributed by atoms with Gasteiger partial charge in [-0.05, 0) is 16.7 Å². The van der Waals surface area contributed by atoms with E-state index in [2.05, 4.69) is 36.4 Å². The van der Waals surface area contributed by atoms with E-state index in [4.69, 9.17) is 23.8 Å². The van der Waals surface area contributed by atoms with Gasteiger partial charge in [-0.15, -0.1) is 0 Å². The van der Waals surface area contributed by atoms with Crippen molar-refractivity contribution in [3.05, 3.63) is 108 Å². The van der Waals surface area contributed by atoms with Crippen molar-refractivity contribution in [2.24, 2.45) is 0 Å². The van der Waals surface area contributed by atoms with E-state index in [0.29, 0.717) is 3.66 Å². The van der Waals surface area contributed by atoms with Crippen LogP contribution in [0.1, 0.15) is 16.7 Å². The summed E-state index contributed by atoms with van der Waals surface area (Å²) in [6.07, 6.45) is 0. The number of benzene rings is 3. The van der Waals surface area contributed by atoms with Crippen molar-refractivity contribution in [2.45, 2.75) is 0 Å². The van der Waals surface area contributed by atoms with Gasteiger partial charge < -0.3 is 0 Å². The average Bonchev–Trinajstić information content (AvgIpc) is 2.63. The summed E-state index contributed by atoms with van der Waals surface area (Å²) in [5, 5.41) is 0. The number of thiocarbonyl (C=S) groups is 1. The summed E-state index contributed by atoms with van der Waals surface area (Å²) in [5.74, 6) is 0. The summed E-state index contributed by atoms with van der Waals surface area (Å²) < 4.78 is 0.387. The van der Waals surface area contributed by atoms with E-state index >= 15 is 0 Å². The molecule has 0 N–H and O–H groups in total. The van der Waals surface area contributed by atoms with Crippen molar-refractivity contribution in [3.8, 4) is 0 Å². The maximum Gasteiger partial charge on any atom is 0.141 e. The first-order valence-electron chi connectivity index (χ1n) is 7.53. The zero-order valence-corrected chi connectivity index (χ0v) is 15.2. The molecule has 0 bridgehead atoms. The molecule has 0 aliphatic heterocycles. The first-order chi connectivity index (χ1) is 11.8. The Balaban J connectivity index is 2.30. The molecule has 3 aromatic carbocycles. The summed E-state index contributed by atoms with van der Waals surface area (Å²) >= 11 is 12.7. The molecule has 118 valence electrons. The monoisotopic (exact) mass is 366 g/mol. The number of hydrogen-bond acceptors (Lipinski definition) is 2. The van der Waals surface area contributed by atoms with Crippen LogP contribution in [-0.2, 0) is 0 Å². The summed E-state index contributed by atoms with van der Waals surface area (Å²) in [6, 6.07) is 30.9. The van der Waals surface area contributed by atoms with Crippen LogP contribution in [0.25, 0.3) is 10.5 Å². The zero-order valence-electron chi connectivity index (χ0n) is 12.9. The van der Waals surface area contributed by atoms with Crippen LogP contribution in [-0.4, -0.2) is 3.66 Å². The van der Waals surface area contributed by atoms with Crippen molar-refractivity contribution in [1.82, 2.24) is 0 Å². The molecule has 0 radical (unpaired) electrons. The lowest BCUT2D eigenvalue weighted by Crippen LogP contribution is -1.94. The minimum atomic E-state index is 0.387. The zero-order chi connectivity index (χ0) is 16.8. The molecule has 3 aromatic rings. The van der Waals surface area contributed by atoms with Crippen molar-refractivity contribution in [2.75, 3.05) is 0 Å². The maximum absolute atomic E-state index is 6.10. The lowest BCUT2D eigenvalue weighted by molar-refractivity contribution is 1.55. The van der Waals surface area contributed by atoms with E-state index in [1.807, 2.05) is 54.6 Å². The molecule has 24 heavy (non-hydrogen) atoms. The SMILES string of the molecule is S=C(Cl)SC(=C(c1ccccc1)c1ccccc1)c1ccccc1. The van der Waals surface area contributed by atoms with Gasteiger partial charge in [0, 0.05) is 10.5 Å². The Bertz CT molecular complexity index is 799. The first kappa shape index (κ1) is 17.0. The van der Waals surface area contributed by atoms with Crippen LogP contribution in [0.15, 0.2) is 91.0 Å². The van der Waals surface area contributed by atoms with Crippen molar-refractivity contribution in [1.29, 1.82) is 0 Å². The molecule has 0 nitrogen and oxygen atoms in total. The van der Waals surface area contributed by atoms with Crippen LogP contribution in [0.5, 0.6) is 0 Å². The largest absolute Gasteiger partial charge is 0.141 e. The molecule has 0 aliphatic rings. The van der Waals surface area contributed by atoms with Crippen LogP contribution < -0.4 is 0 Å². The summed E-state index contributed by atoms with van der Waals surface area (Å²) in [5.41, 5.74) is 4.52. The summed E-state index contributed by atoms with van der Waals surface area (Å²) in [6.45, 7) is 0. The van der Waals surface area contributed by atoms with Gasteiger partial charge in [-0.25, -0.2) is 0 Å². The predicted octanol–water partition coefficient (Wildman–Crippen LogP) is 6.86. The van der Waals surface area contributed by atoms with Gasteiger partial charge in [0.1, 0.15) is 3.66 Å². The fraction of sp³-hybridized carbons (Fsp3) is 0. The highest BCUT2D eigenvalue weighted by Gasteiger charge is 2.15. The highest BCUT2D eigenvalue weighted by atomic mass is 35.5. The molecular formula is C21H15ClS2. The summed E-state index contributed by atoms with van der Waals surface area (Å²) in [4.78, 5) is 1.06. The number of hydrogen-bond donors (Lipinski definition) is 0. The minimum absolute atomic E-state index is 0.387. The van der Waals surface area contributed by atoms with E-state index in [-0.39, 0.29) is 0 Å². The van der Waals surface area contributed by atoms with E-state index in [1.165, 1.54) is 11.8 Å². The molecule has 0 fully saturated rings. The van der Waals surface area contributed by atoms with Crippen LogP contribution in [0, 0.1) is 0 Å². The van der Waals surface area contributed by atoms with Gasteiger partial charge in [-0.1, -0.05) is 127 Å². The Morgan fingerprint density at radius 3 is 1.38 bits per heavy atom. The van der Waals surface area contributed by atoms with E-state index < -0.39 is 0 Å². The predicted molar refractivity (Wildman–Crippen MR) is 111 cm³/mol. The maximum atomic E-state index is 6.10. The number of halogens is 1. The quantitative estimate of drug-likeness (QED) is 0.281. The third-order valence-corrected chi connectivity index (χ3v) is 4.86. The molecule has 3 heteroatoms. The normalized spacial score (nSPS) is 10.2. The molecule has 0 aliphatic carbocycles. The molecule has 0 unspecified atom stereocenters. The third kappa shape index (κ3) is 4.15. The second-order valence-electron chi connectivity index (χ2n) is 5.14. The lowest BCUT2D eigenvalue weighted by atomic mass is 9.95. The molecule has 3 rings (SSSR count). The fourth-order valence-corrected chi connectivity index (χ4v) is 3.80. The van der Waals surface area contributed by atoms with Gasteiger partial charge in [0.05, 0.1) is 0 Å². The van der Waals surface area contributed by atoms with E-state index in [9.17, 15) is 0 Å². The Morgan fingerprint density at radius 1 is 0.625 bits per heavy atom. The standard InChI is InChI=1S/C21H15ClS2/c22-21(23)24-20(18-14-8-3-9-15-18)19(16-10-4-1-5-11-16)17-12-6-2-7-13-17/h1-15H. The van der Waals surface area contributed by atoms with Crippen LogP contribution in [0.2, 0.25) is 0 Å². The molecule has 0 aromatic heterocycles. The van der Waals surface area contributed by atoms with Crippen LogP contribution >= 0.6 is 35.6 Å². The molecule has 0 atom stereocenters. The third-order valence-electron chi connectivity index (χ3n) is 3.57. The molecular weight excluding hydrogens is 352 g/mol. The van der Waals surface area contributed by atoms with Gasteiger partial charge in [0.2, 0.25) is 0 Å². The van der Waals surface area contributed by atoms with Gasteiger partial charge >= 0.3 is 0 Å². The Morgan fingerprint density at radius 2 is 1.00 bits per heavy atom. The van der Waals surface area contributed by atoms with Crippen LogP contribution in [0.3, 0.4) is 0 Å². The van der Waals surface area contributed by atoms with Crippen molar-refractivity contribution < 1.29 is 0 Å². The highest BCUT2D eigenvalue weighted by Crippen LogP contribution is 2.40. The smallest absolute Gasteiger partial charge is 0.0649 e. The molecule has 0 spiro atoms. The summed E-state index contributed by atoms with van der Waals surface area (Å²) in [7, 11) is 0. The number of rotatable bonds is 4. The van der Waals surface area contributed by atoms with Gasteiger partial charge in [-0.3, -0.25) is 0 Å². The Labute approximate surface area is 157 Å². The molecule has 0 amide bonds. The van der Waals surface area contributed by atoms with Gasteiger partial charge in [0.25, 0.3) is 0 Å². The number of thioether (sulfide) groups is 1. The first-order valence-corrected chi connectivity index (χ1v) is 9.14. The van der Waals surface area contributed by atoms with Crippen LogP contribution in [0.4, 0.5) is 0 Å². The van der Waals surface area contributed by atoms with Gasteiger partial charge in [0.15, 0.2) is 0 Å². The molecule has 0 heterocycles. The second-order valence-corrected chi connectivity index (χ2v) is 7.66. The lowest BCUT2D eigenvalue weighted by Gasteiger charge is -2.16. The van der Waals surface area contributed by atoms with E-state index in [1.54, 1.807) is 0 Å². The second kappa shape index (κ2) is 8.29. The topological polar surface area (TPSA) is 0 Å². The van der Waals surface area contributed by atoms with E-state index in [0.717, 1.165) is 27.2 Å². The fourth-order valence-electron chi connectivity index (χ4n) is 2.56. The van der Waals surface area contributed by atoms with Crippen molar-refractivity contribution >= 4 is 49.7 Å². The molecule has 0 saturated heterocycles. The minimum Gasteiger partial charge on any atom is -0.0649 e. The highest BCUT2D eigenvalue weighted by molar-refractivity contribution is 8.32. The molecule has 0 saturated carbocycles. The Hall–Kier alpha value is -1.87. The van der Waals surface area contributed by atoms with Gasteiger partial charge in [-0.2, -0.15) is 0 Å². The Kier molecular flexibility index (Phi) is 5.86. The average molecular weight is 367 g/mol. The van der Waals surface area contributed by atoms with Crippen molar-refractivity contribution in [3.63, 3.8) is 0 Å².